The molecule has 0 fully saturated rings. The Balaban J connectivity index is 2.66. The number of nitrogens with one attached hydrogen (secondary N) is 2. The first-order valence-electron chi connectivity index (χ1n) is 3.30. The zero-order chi connectivity index (χ0) is 10.0. The second-order valence-corrected chi connectivity index (χ2v) is 2.96. The van der Waals surface area contributed by atoms with E-state index >= 15 is 0 Å². The van der Waals surface area contributed by atoms with Gasteiger partial charge in [-0.15, -0.1) is 0 Å². The van der Waals surface area contributed by atoms with Crippen LogP contribution >= 0.6 is 23.2 Å². The zero-order valence-electron chi connectivity index (χ0n) is 6.56. The molecule has 0 bridgehead atoms. The monoisotopic (exact) mass is 224 g/mol. The van der Waals surface area contributed by atoms with Gasteiger partial charge in [0.25, 0.3) is 0 Å². The van der Waals surface area contributed by atoms with Crippen LogP contribution in [0.3, 0.4) is 0 Å². The van der Waals surface area contributed by atoms with E-state index in [4.69, 9.17) is 23.2 Å². The van der Waals surface area contributed by atoms with Gasteiger partial charge in [-0.25, -0.2) is 9.59 Å². The highest BCUT2D eigenvalue weighted by Gasteiger charge is 2.32. The maximum Gasteiger partial charge on any atom is 0.353 e. The summed E-state index contributed by atoms with van der Waals surface area (Å²) in [7, 11) is 1.42. The summed E-state index contributed by atoms with van der Waals surface area (Å²) in [6.45, 7) is 0. The Labute approximate surface area is 84.0 Å². The maximum absolute atomic E-state index is 10.8. The van der Waals surface area contributed by atoms with Crippen LogP contribution in [0.2, 0.25) is 0 Å². The molecule has 5 nitrogen and oxygen atoms in total. The van der Waals surface area contributed by atoms with Gasteiger partial charge in [-0.2, -0.15) is 0 Å². The quantitative estimate of drug-likeness (QED) is 0.638. The molecule has 1 heterocycles. The number of esters is 1. The zero-order valence-corrected chi connectivity index (χ0v) is 8.07. The number of ether oxygens (including phenoxy) is 1. The number of hydrogen-bond acceptors (Lipinski definition) is 3. The van der Waals surface area contributed by atoms with E-state index in [1.807, 2.05) is 0 Å². The lowest BCUT2D eigenvalue weighted by molar-refractivity contribution is -0.139. The van der Waals surface area contributed by atoms with Gasteiger partial charge in [0.2, 0.25) is 6.23 Å². The number of hydrogen-bond donors (Lipinski definition) is 2. The molecular weight excluding hydrogens is 219 g/mol. The molecule has 1 aliphatic heterocycles. The molecule has 0 aromatic heterocycles. The van der Waals surface area contributed by atoms with Crippen LogP contribution in [-0.4, -0.2) is 25.3 Å². The highest BCUT2D eigenvalue weighted by molar-refractivity contribution is 6.48. The summed E-state index contributed by atoms with van der Waals surface area (Å²) in [6.07, 6.45) is -0.985. The fourth-order valence-electron chi connectivity index (χ4n) is 0.707. The fourth-order valence-corrected chi connectivity index (χ4v) is 1.03. The lowest BCUT2D eigenvalue weighted by Gasteiger charge is -2.11. The normalized spacial score (nSPS) is 21.5. The molecular formula is C6H6Cl2N2O3. The molecule has 0 aliphatic carbocycles. The number of carbonyl (C=O) groups excluding carboxylic acids is 2. The number of halogens is 2. The van der Waals surface area contributed by atoms with Gasteiger partial charge < -0.3 is 10.1 Å². The van der Waals surface area contributed by atoms with Crippen molar-refractivity contribution < 1.29 is 14.3 Å². The fraction of sp³-hybridized carbons (Fsp3) is 0.333. The van der Waals surface area contributed by atoms with Crippen LogP contribution in [0.4, 0.5) is 4.79 Å². The second kappa shape index (κ2) is 3.85. The van der Waals surface area contributed by atoms with Gasteiger partial charge >= 0.3 is 12.0 Å². The van der Waals surface area contributed by atoms with Gasteiger partial charge in [0, 0.05) is 7.05 Å². The molecule has 1 aliphatic rings. The lowest BCUT2D eigenvalue weighted by atomic mass is 10.5. The Kier molecular flexibility index (Phi) is 3.00. The lowest BCUT2D eigenvalue weighted by Crippen LogP contribution is -2.41. The van der Waals surface area contributed by atoms with E-state index in [0.29, 0.717) is 0 Å². The van der Waals surface area contributed by atoms with Crippen LogP contribution in [0.25, 0.3) is 0 Å². The molecule has 0 aromatic rings. The average Bonchev–Trinajstić information content (AvgIpc) is 2.34. The van der Waals surface area contributed by atoms with Crippen LogP contribution in [0, 0.1) is 0 Å². The smallest absolute Gasteiger partial charge is 0.353 e. The van der Waals surface area contributed by atoms with Crippen LogP contribution in [0.1, 0.15) is 0 Å². The van der Waals surface area contributed by atoms with E-state index in [1.54, 1.807) is 0 Å². The van der Waals surface area contributed by atoms with Crippen molar-refractivity contribution in [3.05, 3.63) is 10.1 Å². The molecule has 0 aromatic carbocycles. The Morgan fingerprint density at radius 2 is 2.15 bits per heavy atom. The van der Waals surface area contributed by atoms with Crippen LogP contribution in [0.5, 0.6) is 0 Å². The average molecular weight is 225 g/mol. The highest BCUT2D eigenvalue weighted by Crippen LogP contribution is 2.26. The molecule has 1 unspecified atom stereocenters. The third kappa shape index (κ3) is 2.05. The van der Waals surface area contributed by atoms with Crippen molar-refractivity contribution in [2.24, 2.45) is 0 Å². The van der Waals surface area contributed by atoms with Gasteiger partial charge in [0.1, 0.15) is 10.1 Å². The molecule has 13 heavy (non-hydrogen) atoms. The van der Waals surface area contributed by atoms with Crippen molar-refractivity contribution in [1.29, 1.82) is 0 Å². The summed E-state index contributed by atoms with van der Waals surface area (Å²) >= 11 is 11.0. The predicted octanol–water partition coefficient (Wildman–Crippen LogP) is 0.487. The molecule has 7 heteroatoms. The van der Waals surface area contributed by atoms with Crippen molar-refractivity contribution in [3.8, 4) is 0 Å². The molecule has 1 rings (SSSR count). The number of rotatable bonds is 1. The standard InChI is InChI=1S/C6H6Cl2N2O3/c1-9-6(12)10-4-2(7)3(8)5(11)13-4/h4H,1H3,(H2,9,10,12). The minimum atomic E-state index is -0.985. The van der Waals surface area contributed by atoms with Crippen LogP contribution < -0.4 is 10.6 Å². The summed E-state index contributed by atoms with van der Waals surface area (Å²) < 4.78 is 4.61. The minimum absolute atomic E-state index is 0.0183. The summed E-state index contributed by atoms with van der Waals surface area (Å²) in [5.41, 5.74) is 0. The number of amides is 2. The van der Waals surface area contributed by atoms with Gasteiger partial charge in [-0.05, 0) is 0 Å². The van der Waals surface area contributed by atoms with Gasteiger partial charge in [-0.3, -0.25) is 5.32 Å². The topological polar surface area (TPSA) is 67.4 Å². The molecule has 2 N–H and O–H groups in total. The van der Waals surface area contributed by atoms with Crippen molar-refractivity contribution in [2.75, 3.05) is 7.05 Å². The molecule has 0 radical (unpaired) electrons. The third-order valence-corrected chi connectivity index (χ3v) is 2.18. The SMILES string of the molecule is CNC(=O)NC1OC(=O)C(Cl)=C1Cl. The first kappa shape index (κ1) is 10.1. The molecule has 0 saturated carbocycles. The van der Waals surface area contributed by atoms with Crippen LogP contribution in [0.15, 0.2) is 10.1 Å². The molecule has 72 valence electrons. The summed E-state index contributed by atoms with van der Waals surface area (Å²) in [5.74, 6) is -0.743. The molecule has 1 atom stereocenters. The number of carbonyl (C=O) groups is 2. The summed E-state index contributed by atoms with van der Waals surface area (Å²) in [4.78, 5) is 21.6. The number of urea groups is 1. The van der Waals surface area contributed by atoms with Crippen LogP contribution in [-0.2, 0) is 9.53 Å². The molecule has 0 saturated heterocycles. The van der Waals surface area contributed by atoms with E-state index < -0.39 is 18.2 Å². The van der Waals surface area contributed by atoms with E-state index in [9.17, 15) is 9.59 Å². The summed E-state index contributed by atoms with van der Waals surface area (Å²) in [5, 5.41) is 4.32. The van der Waals surface area contributed by atoms with Crippen molar-refractivity contribution in [2.45, 2.75) is 6.23 Å². The van der Waals surface area contributed by atoms with Crippen molar-refractivity contribution in [1.82, 2.24) is 10.6 Å². The Morgan fingerprint density at radius 3 is 2.54 bits per heavy atom. The van der Waals surface area contributed by atoms with Crippen molar-refractivity contribution >= 4 is 35.2 Å². The third-order valence-electron chi connectivity index (χ3n) is 1.33. The summed E-state index contributed by atoms with van der Waals surface area (Å²) in [6, 6.07) is -0.512. The minimum Gasteiger partial charge on any atom is -0.432 e. The first-order chi connectivity index (χ1) is 6.06. The first-order valence-corrected chi connectivity index (χ1v) is 4.06. The Bertz CT molecular complexity index is 290. The van der Waals surface area contributed by atoms with Crippen molar-refractivity contribution in [3.63, 3.8) is 0 Å². The Morgan fingerprint density at radius 1 is 1.54 bits per heavy atom. The number of cyclic esters (lactones) is 1. The maximum atomic E-state index is 10.8. The largest absolute Gasteiger partial charge is 0.432 e. The van der Waals surface area contributed by atoms with E-state index in [1.165, 1.54) is 7.05 Å². The van der Waals surface area contributed by atoms with E-state index in [-0.39, 0.29) is 10.1 Å². The van der Waals surface area contributed by atoms with Gasteiger partial charge in [0.15, 0.2) is 0 Å². The highest BCUT2D eigenvalue weighted by atomic mass is 35.5. The van der Waals surface area contributed by atoms with E-state index in [2.05, 4.69) is 15.4 Å². The molecule has 0 spiro atoms. The van der Waals surface area contributed by atoms with E-state index in [0.717, 1.165) is 0 Å². The van der Waals surface area contributed by atoms with Gasteiger partial charge in [0.05, 0.1) is 0 Å². The van der Waals surface area contributed by atoms with Gasteiger partial charge in [-0.1, -0.05) is 23.2 Å². The Hall–Kier alpha value is -0.940. The molecule has 2 amide bonds. The second-order valence-electron chi connectivity index (χ2n) is 2.17. The predicted molar refractivity (Wildman–Crippen MR) is 46.2 cm³/mol.